The Morgan fingerprint density at radius 2 is 1.94 bits per heavy atom. The highest BCUT2D eigenvalue weighted by molar-refractivity contribution is 5.22. The summed E-state index contributed by atoms with van der Waals surface area (Å²) in [6, 6.07) is 9.16. The standard InChI is InChI=1S/C16H26N2/c1-3-17-10-8-15-4-6-16(7-5-15)13-18-11-9-14(2)12-18/h4-7,14,17H,3,8-13H2,1-2H3. The van der Waals surface area contributed by atoms with Gasteiger partial charge in [-0.3, -0.25) is 4.90 Å². The molecule has 2 nitrogen and oxygen atoms in total. The summed E-state index contributed by atoms with van der Waals surface area (Å²) in [5.41, 5.74) is 2.89. The van der Waals surface area contributed by atoms with Crippen LogP contribution in [0.4, 0.5) is 0 Å². The minimum Gasteiger partial charge on any atom is -0.317 e. The smallest absolute Gasteiger partial charge is 0.0233 e. The van der Waals surface area contributed by atoms with Crippen molar-refractivity contribution in [3.63, 3.8) is 0 Å². The summed E-state index contributed by atoms with van der Waals surface area (Å²) >= 11 is 0. The topological polar surface area (TPSA) is 15.3 Å². The van der Waals surface area contributed by atoms with Crippen LogP contribution in [-0.2, 0) is 13.0 Å². The van der Waals surface area contributed by atoms with Gasteiger partial charge in [0.1, 0.15) is 0 Å². The van der Waals surface area contributed by atoms with E-state index in [1.54, 1.807) is 0 Å². The lowest BCUT2D eigenvalue weighted by molar-refractivity contribution is 0.320. The maximum Gasteiger partial charge on any atom is 0.0233 e. The zero-order chi connectivity index (χ0) is 12.8. The van der Waals surface area contributed by atoms with Gasteiger partial charge in [-0.15, -0.1) is 0 Å². The van der Waals surface area contributed by atoms with Crippen LogP contribution in [-0.4, -0.2) is 31.1 Å². The number of likely N-dealkylation sites (N-methyl/N-ethyl adjacent to an activating group) is 1. The van der Waals surface area contributed by atoms with Crippen LogP contribution in [0.15, 0.2) is 24.3 Å². The maximum absolute atomic E-state index is 3.37. The predicted octanol–water partition coefficient (Wildman–Crippen LogP) is 2.68. The van der Waals surface area contributed by atoms with Gasteiger partial charge in [-0.2, -0.15) is 0 Å². The Morgan fingerprint density at radius 1 is 1.22 bits per heavy atom. The van der Waals surface area contributed by atoms with Crippen molar-refractivity contribution in [2.24, 2.45) is 5.92 Å². The van der Waals surface area contributed by atoms with E-state index in [2.05, 4.69) is 48.3 Å². The molecule has 0 radical (unpaired) electrons. The molecule has 18 heavy (non-hydrogen) atoms. The van der Waals surface area contributed by atoms with Crippen molar-refractivity contribution in [1.82, 2.24) is 10.2 Å². The van der Waals surface area contributed by atoms with Crippen LogP contribution in [0, 0.1) is 5.92 Å². The van der Waals surface area contributed by atoms with Gasteiger partial charge in [0.2, 0.25) is 0 Å². The lowest BCUT2D eigenvalue weighted by atomic mass is 10.1. The van der Waals surface area contributed by atoms with Gasteiger partial charge < -0.3 is 5.32 Å². The van der Waals surface area contributed by atoms with Crippen LogP contribution in [0.1, 0.15) is 31.4 Å². The summed E-state index contributed by atoms with van der Waals surface area (Å²) in [5.74, 6) is 0.879. The SMILES string of the molecule is CCNCCc1ccc(CN2CCC(C)C2)cc1. The average Bonchev–Trinajstić information content (AvgIpc) is 2.77. The van der Waals surface area contributed by atoms with Crippen LogP contribution in [0.25, 0.3) is 0 Å². The predicted molar refractivity (Wildman–Crippen MR) is 77.7 cm³/mol. The van der Waals surface area contributed by atoms with E-state index in [-0.39, 0.29) is 0 Å². The molecule has 1 heterocycles. The molecule has 0 aromatic heterocycles. The Morgan fingerprint density at radius 3 is 2.56 bits per heavy atom. The highest BCUT2D eigenvalue weighted by Crippen LogP contribution is 2.18. The molecule has 0 aliphatic carbocycles. The second kappa shape index (κ2) is 6.91. The summed E-state index contributed by atoms with van der Waals surface area (Å²) < 4.78 is 0. The Bertz CT molecular complexity index is 345. The van der Waals surface area contributed by atoms with E-state index < -0.39 is 0 Å². The van der Waals surface area contributed by atoms with Crippen LogP contribution < -0.4 is 5.32 Å². The van der Waals surface area contributed by atoms with E-state index in [0.717, 1.165) is 32.0 Å². The number of hydrogen-bond acceptors (Lipinski definition) is 2. The molecule has 0 amide bonds. The highest BCUT2D eigenvalue weighted by atomic mass is 15.1. The first-order valence-corrected chi connectivity index (χ1v) is 7.29. The normalized spacial score (nSPS) is 20.4. The molecular weight excluding hydrogens is 220 g/mol. The fourth-order valence-electron chi connectivity index (χ4n) is 2.65. The van der Waals surface area contributed by atoms with Crippen LogP contribution in [0.2, 0.25) is 0 Å². The van der Waals surface area contributed by atoms with Crippen molar-refractivity contribution in [2.75, 3.05) is 26.2 Å². The molecule has 0 spiro atoms. The minimum absolute atomic E-state index is 0.879. The summed E-state index contributed by atoms with van der Waals surface area (Å²) in [6.45, 7) is 10.3. The fourth-order valence-corrected chi connectivity index (χ4v) is 2.65. The highest BCUT2D eigenvalue weighted by Gasteiger charge is 2.18. The largest absolute Gasteiger partial charge is 0.317 e. The van der Waals surface area contributed by atoms with Crippen molar-refractivity contribution >= 4 is 0 Å². The second-order valence-electron chi connectivity index (χ2n) is 5.55. The van der Waals surface area contributed by atoms with Crippen LogP contribution in [0.3, 0.4) is 0 Å². The first kappa shape index (κ1) is 13.6. The molecule has 0 bridgehead atoms. The molecule has 100 valence electrons. The molecular formula is C16H26N2. The fraction of sp³-hybridized carbons (Fsp3) is 0.625. The molecule has 1 saturated heterocycles. The van der Waals surface area contributed by atoms with Gasteiger partial charge in [0.25, 0.3) is 0 Å². The van der Waals surface area contributed by atoms with E-state index in [1.165, 1.54) is 30.6 Å². The van der Waals surface area contributed by atoms with Gasteiger partial charge in [0.05, 0.1) is 0 Å². The lowest BCUT2D eigenvalue weighted by Crippen LogP contribution is -2.19. The average molecular weight is 246 g/mol. The monoisotopic (exact) mass is 246 g/mol. The first-order chi connectivity index (χ1) is 8.78. The van der Waals surface area contributed by atoms with Gasteiger partial charge >= 0.3 is 0 Å². The molecule has 1 N–H and O–H groups in total. The van der Waals surface area contributed by atoms with Gasteiger partial charge in [-0.1, -0.05) is 38.1 Å². The quantitative estimate of drug-likeness (QED) is 0.776. The summed E-state index contributed by atoms with van der Waals surface area (Å²) in [7, 11) is 0. The van der Waals surface area contributed by atoms with E-state index in [1.807, 2.05) is 0 Å². The maximum atomic E-state index is 3.37. The third-order valence-electron chi connectivity index (χ3n) is 3.78. The molecule has 2 heteroatoms. The van der Waals surface area contributed by atoms with Crippen LogP contribution >= 0.6 is 0 Å². The summed E-state index contributed by atoms with van der Waals surface area (Å²) in [5, 5.41) is 3.37. The number of likely N-dealkylation sites (tertiary alicyclic amines) is 1. The van der Waals surface area contributed by atoms with E-state index in [9.17, 15) is 0 Å². The second-order valence-corrected chi connectivity index (χ2v) is 5.55. The first-order valence-electron chi connectivity index (χ1n) is 7.29. The van der Waals surface area contributed by atoms with Crippen molar-refractivity contribution in [3.8, 4) is 0 Å². The molecule has 1 aliphatic heterocycles. The third-order valence-corrected chi connectivity index (χ3v) is 3.78. The Kier molecular flexibility index (Phi) is 5.21. The molecule has 0 saturated carbocycles. The van der Waals surface area contributed by atoms with Gasteiger partial charge in [0.15, 0.2) is 0 Å². The summed E-state index contributed by atoms with van der Waals surface area (Å²) in [6.07, 6.45) is 2.50. The minimum atomic E-state index is 0.879. The van der Waals surface area contributed by atoms with Gasteiger partial charge in [0, 0.05) is 13.1 Å². The van der Waals surface area contributed by atoms with Crippen molar-refractivity contribution in [1.29, 1.82) is 0 Å². The zero-order valence-electron chi connectivity index (χ0n) is 11.8. The number of nitrogens with zero attached hydrogens (tertiary/aromatic N) is 1. The Labute approximate surface area is 111 Å². The molecule has 1 unspecified atom stereocenters. The molecule has 1 aromatic rings. The number of hydrogen-bond donors (Lipinski definition) is 1. The Balaban J connectivity index is 1.80. The van der Waals surface area contributed by atoms with Crippen molar-refractivity contribution in [3.05, 3.63) is 35.4 Å². The molecule has 1 aliphatic rings. The molecule has 1 fully saturated rings. The molecule has 1 aromatic carbocycles. The van der Waals surface area contributed by atoms with Crippen molar-refractivity contribution in [2.45, 2.75) is 33.2 Å². The molecule has 2 rings (SSSR count). The molecule has 1 atom stereocenters. The number of nitrogens with one attached hydrogen (secondary N) is 1. The summed E-state index contributed by atoms with van der Waals surface area (Å²) in [4.78, 5) is 2.57. The van der Waals surface area contributed by atoms with E-state index in [4.69, 9.17) is 0 Å². The number of benzene rings is 1. The van der Waals surface area contributed by atoms with Gasteiger partial charge in [-0.25, -0.2) is 0 Å². The van der Waals surface area contributed by atoms with Crippen molar-refractivity contribution < 1.29 is 0 Å². The lowest BCUT2D eigenvalue weighted by Gasteiger charge is -2.15. The van der Waals surface area contributed by atoms with E-state index in [0.29, 0.717) is 0 Å². The third kappa shape index (κ3) is 4.11. The number of rotatable bonds is 6. The zero-order valence-corrected chi connectivity index (χ0v) is 11.8. The Hall–Kier alpha value is -0.860. The van der Waals surface area contributed by atoms with Gasteiger partial charge in [-0.05, 0) is 49.5 Å². The van der Waals surface area contributed by atoms with E-state index >= 15 is 0 Å². The van der Waals surface area contributed by atoms with Crippen LogP contribution in [0.5, 0.6) is 0 Å².